The summed E-state index contributed by atoms with van der Waals surface area (Å²) in [5.41, 5.74) is 4.31. The number of carbonyl (C=O) groups is 1. The van der Waals surface area contributed by atoms with E-state index in [2.05, 4.69) is 5.32 Å². The lowest BCUT2D eigenvalue weighted by Gasteiger charge is -2.21. The second kappa shape index (κ2) is 5.51. The van der Waals surface area contributed by atoms with Crippen LogP contribution in [0.25, 0.3) is 0 Å². The van der Waals surface area contributed by atoms with E-state index in [0.717, 1.165) is 22.3 Å². The van der Waals surface area contributed by atoms with Crippen molar-refractivity contribution in [3.63, 3.8) is 0 Å². The summed E-state index contributed by atoms with van der Waals surface area (Å²) in [7, 11) is 0. The molecule has 0 radical (unpaired) electrons. The van der Waals surface area contributed by atoms with Gasteiger partial charge in [-0.25, -0.2) is 0 Å². The summed E-state index contributed by atoms with van der Waals surface area (Å²) in [5.74, 6) is -0.0170. The molecule has 1 unspecified atom stereocenters. The van der Waals surface area contributed by atoms with Crippen LogP contribution in [0.3, 0.4) is 0 Å². The maximum Gasteiger partial charge on any atom is 0.224 e. The highest BCUT2D eigenvalue weighted by Gasteiger charge is 2.21. The molecule has 0 saturated carbocycles. The quantitative estimate of drug-likeness (QED) is 0.890. The molecule has 0 aromatic heterocycles. The molecule has 1 aliphatic heterocycles. The Morgan fingerprint density at radius 3 is 2.76 bits per heavy atom. The van der Waals surface area contributed by atoms with Crippen molar-refractivity contribution in [2.75, 3.05) is 5.32 Å². The summed E-state index contributed by atoms with van der Waals surface area (Å²) in [4.78, 5) is 11.4. The Kier molecular flexibility index (Phi) is 3.70. The van der Waals surface area contributed by atoms with Crippen LogP contribution in [0.5, 0.6) is 0 Å². The highest BCUT2D eigenvalue weighted by molar-refractivity contribution is 6.34. The molecule has 21 heavy (non-hydrogen) atoms. The first-order chi connectivity index (χ1) is 10.1. The minimum Gasteiger partial charge on any atom is -0.384 e. The van der Waals surface area contributed by atoms with Crippen molar-refractivity contribution in [2.45, 2.75) is 25.9 Å². The Labute approximate surface area is 128 Å². The van der Waals surface area contributed by atoms with Crippen molar-refractivity contribution in [3.05, 3.63) is 63.7 Å². The highest BCUT2D eigenvalue weighted by Crippen LogP contribution is 2.35. The number of hydrogen-bond donors (Lipinski definition) is 2. The highest BCUT2D eigenvalue weighted by atomic mass is 35.5. The Hall–Kier alpha value is -1.84. The average molecular weight is 302 g/mol. The molecular formula is C17H16ClNO2. The normalized spacial score (nSPS) is 15.3. The maximum absolute atomic E-state index is 11.4. The Balaban J connectivity index is 2.02. The van der Waals surface area contributed by atoms with Gasteiger partial charge in [0.25, 0.3) is 0 Å². The van der Waals surface area contributed by atoms with E-state index in [1.54, 1.807) is 6.07 Å². The topological polar surface area (TPSA) is 49.3 Å². The smallest absolute Gasteiger partial charge is 0.224 e. The number of carbonyl (C=O) groups excluding carboxylic acids is 1. The van der Waals surface area contributed by atoms with Gasteiger partial charge in [-0.15, -0.1) is 0 Å². The minimum absolute atomic E-state index is 0.0170. The fourth-order valence-corrected chi connectivity index (χ4v) is 3.00. The first-order valence-electron chi connectivity index (χ1n) is 6.92. The molecule has 3 rings (SSSR count). The molecule has 0 spiro atoms. The number of anilines is 1. The van der Waals surface area contributed by atoms with Gasteiger partial charge in [0, 0.05) is 6.42 Å². The Morgan fingerprint density at radius 2 is 2.00 bits per heavy atom. The van der Waals surface area contributed by atoms with Crippen LogP contribution in [-0.2, 0) is 11.2 Å². The Morgan fingerprint density at radius 1 is 1.24 bits per heavy atom. The van der Waals surface area contributed by atoms with Gasteiger partial charge in [-0.2, -0.15) is 0 Å². The fourth-order valence-electron chi connectivity index (χ4n) is 2.71. The molecular weight excluding hydrogens is 286 g/mol. The number of aliphatic hydroxyl groups excluding tert-OH is 1. The summed E-state index contributed by atoms with van der Waals surface area (Å²) in [6, 6.07) is 11.4. The third kappa shape index (κ3) is 2.67. The van der Waals surface area contributed by atoms with E-state index in [9.17, 15) is 9.90 Å². The monoisotopic (exact) mass is 301 g/mol. The number of rotatable bonds is 2. The molecule has 0 aliphatic carbocycles. The zero-order valence-electron chi connectivity index (χ0n) is 11.7. The van der Waals surface area contributed by atoms with E-state index in [-0.39, 0.29) is 5.91 Å². The van der Waals surface area contributed by atoms with E-state index in [1.165, 1.54) is 0 Å². The van der Waals surface area contributed by atoms with E-state index < -0.39 is 6.10 Å². The molecule has 1 amide bonds. The molecule has 0 fully saturated rings. The molecule has 0 bridgehead atoms. The van der Waals surface area contributed by atoms with Crippen molar-refractivity contribution in [1.29, 1.82) is 0 Å². The summed E-state index contributed by atoms with van der Waals surface area (Å²) < 4.78 is 0. The molecule has 0 saturated heterocycles. The first kappa shape index (κ1) is 14.1. The second-order valence-corrected chi connectivity index (χ2v) is 5.75. The minimum atomic E-state index is -0.716. The number of halogens is 1. The lowest BCUT2D eigenvalue weighted by Crippen LogP contribution is -2.19. The van der Waals surface area contributed by atoms with Gasteiger partial charge in [0.15, 0.2) is 0 Å². The molecule has 1 aliphatic rings. The van der Waals surface area contributed by atoms with E-state index >= 15 is 0 Å². The number of aryl methyl sites for hydroxylation is 2. The lowest BCUT2D eigenvalue weighted by atomic mass is 9.93. The summed E-state index contributed by atoms with van der Waals surface area (Å²) in [6.07, 6.45) is 0.384. The third-order valence-corrected chi connectivity index (χ3v) is 4.18. The summed E-state index contributed by atoms with van der Waals surface area (Å²) in [6.45, 7) is 1.97. The van der Waals surface area contributed by atoms with Crippen LogP contribution in [0, 0.1) is 6.92 Å². The van der Waals surface area contributed by atoms with Gasteiger partial charge >= 0.3 is 0 Å². The zero-order valence-corrected chi connectivity index (χ0v) is 12.4. The van der Waals surface area contributed by atoms with E-state index in [4.69, 9.17) is 11.6 Å². The van der Waals surface area contributed by atoms with Crippen molar-refractivity contribution >= 4 is 23.2 Å². The second-order valence-electron chi connectivity index (χ2n) is 5.34. The molecule has 3 nitrogen and oxygen atoms in total. The van der Waals surface area contributed by atoms with E-state index in [0.29, 0.717) is 23.6 Å². The van der Waals surface area contributed by atoms with Crippen LogP contribution in [0.1, 0.15) is 34.8 Å². The van der Waals surface area contributed by atoms with Gasteiger partial charge in [0.05, 0.1) is 10.7 Å². The van der Waals surface area contributed by atoms with Crippen molar-refractivity contribution in [3.8, 4) is 0 Å². The standard InChI is InChI=1S/C17H16ClNO2/c1-10-4-2-3-5-13(10)17(21)12-8-11-6-7-15(20)19-16(11)14(18)9-12/h2-5,8-9,17,21H,6-7H2,1H3,(H,19,20). The predicted molar refractivity (Wildman–Crippen MR) is 83.6 cm³/mol. The molecule has 2 aromatic rings. The van der Waals surface area contributed by atoms with Gasteiger partial charge in [0.2, 0.25) is 5.91 Å². The van der Waals surface area contributed by atoms with Gasteiger partial charge in [-0.1, -0.05) is 41.9 Å². The summed E-state index contributed by atoms with van der Waals surface area (Å²) in [5, 5.41) is 13.9. The average Bonchev–Trinajstić information content (AvgIpc) is 2.47. The van der Waals surface area contributed by atoms with Crippen molar-refractivity contribution in [1.82, 2.24) is 0 Å². The SMILES string of the molecule is Cc1ccccc1C(O)c1cc(Cl)c2c(c1)CCC(=O)N2. The molecule has 108 valence electrons. The van der Waals surface area contributed by atoms with Crippen LogP contribution >= 0.6 is 11.6 Å². The predicted octanol–water partition coefficient (Wildman–Crippen LogP) is 3.61. The summed E-state index contributed by atoms with van der Waals surface area (Å²) >= 11 is 6.26. The Bertz CT molecular complexity index is 712. The van der Waals surface area contributed by atoms with Gasteiger partial charge in [0.1, 0.15) is 6.10 Å². The van der Waals surface area contributed by atoms with Gasteiger partial charge in [-0.3, -0.25) is 4.79 Å². The fraction of sp³-hybridized carbons (Fsp3) is 0.235. The van der Waals surface area contributed by atoms with Gasteiger partial charge < -0.3 is 10.4 Å². The molecule has 2 aromatic carbocycles. The van der Waals surface area contributed by atoms with Crippen molar-refractivity contribution < 1.29 is 9.90 Å². The van der Waals surface area contributed by atoms with Crippen LogP contribution in [0.4, 0.5) is 5.69 Å². The van der Waals surface area contributed by atoms with Crippen LogP contribution in [0.2, 0.25) is 5.02 Å². The third-order valence-electron chi connectivity index (χ3n) is 3.88. The number of fused-ring (bicyclic) bond motifs is 1. The lowest BCUT2D eigenvalue weighted by molar-refractivity contribution is -0.116. The van der Waals surface area contributed by atoms with Crippen LogP contribution in [-0.4, -0.2) is 11.0 Å². The molecule has 1 atom stereocenters. The number of amides is 1. The number of hydrogen-bond acceptors (Lipinski definition) is 2. The van der Waals surface area contributed by atoms with Crippen LogP contribution in [0.15, 0.2) is 36.4 Å². The van der Waals surface area contributed by atoms with E-state index in [1.807, 2.05) is 37.3 Å². The molecule has 2 N–H and O–H groups in total. The number of aliphatic hydroxyl groups is 1. The van der Waals surface area contributed by atoms with Crippen molar-refractivity contribution in [2.24, 2.45) is 0 Å². The zero-order chi connectivity index (χ0) is 15.0. The first-order valence-corrected chi connectivity index (χ1v) is 7.30. The maximum atomic E-state index is 11.4. The van der Waals surface area contributed by atoms with Gasteiger partial charge in [-0.05, 0) is 41.7 Å². The largest absolute Gasteiger partial charge is 0.384 e. The molecule has 1 heterocycles. The molecule has 4 heteroatoms. The number of benzene rings is 2. The number of nitrogens with one attached hydrogen (secondary N) is 1. The van der Waals surface area contributed by atoms with Crippen LogP contribution < -0.4 is 5.32 Å².